The quantitative estimate of drug-likeness (QED) is 0.850. The highest BCUT2D eigenvalue weighted by atomic mass is 32.1. The molecule has 0 fully saturated rings. The number of nitrogens with zero attached hydrogens (tertiary/aromatic N) is 1. The van der Waals surface area contributed by atoms with Crippen molar-refractivity contribution in [3.05, 3.63) is 71.3 Å². The summed E-state index contributed by atoms with van der Waals surface area (Å²) < 4.78 is 0. The van der Waals surface area contributed by atoms with E-state index in [2.05, 4.69) is 65.7 Å². The summed E-state index contributed by atoms with van der Waals surface area (Å²) in [6.45, 7) is 3.83. The van der Waals surface area contributed by atoms with E-state index >= 15 is 0 Å². The average Bonchev–Trinajstić information content (AvgIpc) is 2.50. The van der Waals surface area contributed by atoms with Crippen molar-refractivity contribution in [1.29, 1.82) is 0 Å². The Labute approximate surface area is 132 Å². The van der Waals surface area contributed by atoms with Gasteiger partial charge in [0.15, 0.2) is 5.11 Å². The molecule has 0 aliphatic heterocycles. The molecule has 0 aromatic heterocycles. The van der Waals surface area contributed by atoms with E-state index in [0.29, 0.717) is 0 Å². The van der Waals surface area contributed by atoms with Gasteiger partial charge < -0.3 is 10.2 Å². The van der Waals surface area contributed by atoms with Gasteiger partial charge >= 0.3 is 0 Å². The highest BCUT2D eigenvalue weighted by Crippen LogP contribution is 2.09. The molecule has 0 unspecified atom stereocenters. The largest absolute Gasteiger partial charge is 0.362 e. The van der Waals surface area contributed by atoms with Crippen LogP contribution in [-0.4, -0.2) is 23.6 Å². The van der Waals surface area contributed by atoms with E-state index in [0.717, 1.165) is 24.6 Å². The van der Waals surface area contributed by atoms with Crippen LogP contribution in [-0.2, 0) is 13.0 Å². The molecule has 110 valence electrons. The molecule has 3 heteroatoms. The van der Waals surface area contributed by atoms with Gasteiger partial charge in [-0.3, -0.25) is 0 Å². The van der Waals surface area contributed by atoms with E-state index in [9.17, 15) is 0 Å². The minimum Gasteiger partial charge on any atom is -0.362 e. The van der Waals surface area contributed by atoms with Gasteiger partial charge in [0.1, 0.15) is 0 Å². The molecular weight excluding hydrogens is 276 g/mol. The molecule has 0 heterocycles. The third-order valence-corrected chi connectivity index (χ3v) is 4.00. The van der Waals surface area contributed by atoms with Gasteiger partial charge in [-0.25, -0.2) is 0 Å². The molecular formula is C18H22N2S. The van der Waals surface area contributed by atoms with Gasteiger partial charge in [-0.15, -0.1) is 0 Å². The Morgan fingerprint density at radius 3 is 2.43 bits per heavy atom. The van der Waals surface area contributed by atoms with Crippen molar-refractivity contribution >= 4 is 17.3 Å². The third kappa shape index (κ3) is 4.87. The fraction of sp³-hybridized carbons (Fsp3) is 0.278. The van der Waals surface area contributed by atoms with E-state index in [1.807, 2.05) is 13.1 Å². The van der Waals surface area contributed by atoms with Crippen molar-refractivity contribution in [1.82, 2.24) is 10.2 Å². The monoisotopic (exact) mass is 298 g/mol. The molecule has 0 saturated carbocycles. The second kappa shape index (κ2) is 7.79. The lowest BCUT2D eigenvalue weighted by Crippen LogP contribution is -2.37. The van der Waals surface area contributed by atoms with Crippen molar-refractivity contribution in [2.45, 2.75) is 19.9 Å². The fourth-order valence-electron chi connectivity index (χ4n) is 2.21. The van der Waals surface area contributed by atoms with Gasteiger partial charge in [-0.1, -0.05) is 54.6 Å². The Balaban J connectivity index is 1.79. The van der Waals surface area contributed by atoms with Gasteiger partial charge in [0.2, 0.25) is 0 Å². The molecule has 0 spiro atoms. The molecule has 1 N–H and O–H groups in total. The first kappa shape index (κ1) is 15.5. The number of hydrogen-bond acceptors (Lipinski definition) is 1. The van der Waals surface area contributed by atoms with E-state index < -0.39 is 0 Å². The second-order valence-electron chi connectivity index (χ2n) is 5.25. The van der Waals surface area contributed by atoms with Crippen LogP contribution in [0.25, 0.3) is 0 Å². The molecule has 0 amide bonds. The number of benzene rings is 2. The summed E-state index contributed by atoms with van der Waals surface area (Å²) in [6.07, 6.45) is 0.985. The Morgan fingerprint density at radius 1 is 1.05 bits per heavy atom. The van der Waals surface area contributed by atoms with Gasteiger partial charge in [-0.05, 0) is 42.3 Å². The first-order chi connectivity index (χ1) is 10.2. The van der Waals surface area contributed by atoms with Crippen molar-refractivity contribution in [3.8, 4) is 0 Å². The van der Waals surface area contributed by atoms with Crippen LogP contribution in [0, 0.1) is 6.92 Å². The molecule has 21 heavy (non-hydrogen) atoms. The summed E-state index contributed by atoms with van der Waals surface area (Å²) in [4.78, 5) is 2.09. The lowest BCUT2D eigenvalue weighted by molar-refractivity contribution is 0.488. The summed E-state index contributed by atoms with van der Waals surface area (Å²) in [5.74, 6) is 0. The first-order valence-corrected chi connectivity index (χ1v) is 7.65. The Kier molecular flexibility index (Phi) is 5.76. The Bertz CT molecular complexity index is 581. The molecule has 0 radical (unpaired) electrons. The standard InChI is InChI=1S/C18H22N2S/c1-15-8-6-7-11-17(15)14-20(2)18(21)19-13-12-16-9-4-3-5-10-16/h3-11H,12-14H2,1-2H3,(H,19,21). The van der Waals surface area contributed by atoms with Crippen molar-refractivity contribution in [2.75, 3.05) is 13.6 Å². The van der Waals surface area contributed by atoms with Crippen LogP contribution >= 0.6 is 12.2 Å². The van der Waals surface area contributed by atoms with Gasteiger partial charge in [0.05, 0.1) is 0 Å². The first-order valence-electron chi connectivity index (χ1n) is 7.24. The molecule has 0 aliphatic carbocycles. The molecule has 2 rings (SSSR count). The average molecular weight is 298 g/mol. The van der Waals surface area contributed by atoms with Gasteiger partial charge in [0.25, 0.3) is 0 Å². The summed E-state index contributed by atoms with van der Waals surface area (Å²) in [5, 5.41) is 4.13. The zero-order chi connectivity index (χ0) is 15.1. The molecule has 0 atom stereocenters. The minimum absolute atomic E-state index is 0.800. The molecule has 0 aliphatic rings. The maximum Gasteiger partial charge on any atom is 0.168 e. The number of aryl methyl sites for hydroxylation is 1. The van der Waals surface area contributed by atoms with E-state index in [1.165, 1.54) is 16.7 Å². The molecule has 2 aromatic rings. The topological polar surface area (TPSA) is 15.3 Å². The van der Waals surface area contributed by atoms with Crippen molar-refractivity contribution in [3.63, 3.8) is 0 Å². The molecule has 0 saturated heterocycles. The number of hydrogen-bond donors (Lipinski definition) is 1. The maximum atomic E-state index is 5.45. The summed E-state index contributed by atoms with van der Waals surface area (Å²) in [5.41, 5.74) is 3.94. The summed E-state index contributed by atoms with van der Waals surface area (Å²) in [7, 11) is 2.03. The molecule has 0 bridgehead atoms. The summed E-state index contributed by atoms with van der Waals surface area (Å²) in [6, 6.07) is 18.9. The van der Waals surface area contributed by atoms with E-state index in [1.54, 1.807) is 0 Å². The predicted molar refractivity (Wildman–Crippen MR) is 93.4 cm³/mol. The molecule has 2 nitrogen and oxygen atoms in total. The molecule has 2 aromatic carbocycles. The zero-order valence-corrected chi connectivity index (χ0v) is 13.5. The van der Waals surface area contributed by atoms with Crippen molar-refractivity contribution < 1.29 is 0 Å². The highest BCUT2D eigenvalue weighted by molar-refractivity contribution is 7.80. The fourth-order valence-corrected chi connectivity index (χ4v) is 2.37. The van der Waals surface area contributed by atoms with Gasteiger partial charge in [0, 0.05) is 20.1 Å². The maximum absolute atomic E-state index is 5.45. The smallest absolute Gasteiger partial charge is 0.168 e. The third-order valence-electron chi connectivity index (χ3n) is 3.55. The van der Waals surface area contributed by atoms with Crippen LogP contribution in [0.5, 0.6) is 0 Å². The van der Waals surface area contributed by atoms with Crippen LogP contribution in [0.1, 0.15) is 16.7 Å². The highest BCUT2D eigenvalue weighted by Gasteiger charge is 2.06. The van der Waals surface area contributed by atoms with E-state index in [-0.39, 0.29) is 0 Å². The number of rotatable bonds is 5. The lowest BCUT2D eigenvalue weighted by Gasteiger charge is -2.22. The van der Waals surface area contributed by atoms with Crippen LogP contribution in [0.3, 0.4) is 0 Å². The van der Waals surface area contributed by atoms with Crippen LogP contribution in [0.2, 0.25) is 0 Å². The van der Waals surface area contributed by atoms with Crippen LogP contribution in [0.15, 0.2) is 54.6 Å². The zero-order valence-electron chi connectivity index (χ0n) is 12.7. The van der Waals surface area contributed by atoms with Crippen LogP contribution < -0.4 is 5.32 Å². The second-order valence-corrected chi connectivity index (χ2v) is 5.64. The van der Waals surface area contributed by atoms with Crippen molar-refractivity contribution in [2.24, 2.45) is 0 Å². The SMILES string of the molecule is Cc1ccccc1CN(C)C(=S)NCCc1ccccc1. The Morgan fingerprint density at radius 2 is 1.71 bits per heavy atom. The number of thiocarbonyl (C=S) groups is 1. The van der Waals surface area contributed by atoms with E-state index in [4.69, 9.17) is 12.2 Å². The lowest BCUT2D eigenvalue weighted by atomic mass is 10.1. The predicted octanol–water partition coefficient (Wildman–Crippen LogP) is 3.54. The van der Waals surface area contributed by atoms with Crippen LogP contribution in [0.4, 0.5) is 0 Å². The Hall–Kier alpha value is -1.87. The normalized spacial score (nSPS) is 10.2. The summed E-state index contributed by atoms with van der Waals surface area (Å²) >= 11 is 5.45. The number of nitrogens with one attached hydrogen (secondary N) is 1. The van der Waals surface area contributed by atoms with Gasteiger partial charge in [-0.2, -0.15) is 0 Å². The minimum atomic E-state index is 0.800.